The molecule has 0 aromatic heterocycles. The number of hydrogen-bond acceptors (Lipinski definition) is 3. The Kier molecular flexibility index (Phi) is 3.77. The van der Waals surface area contributed by atoms with E-state index in [2.05, 4.69) is 63.6 Å². The molecule has 0 unspecified atom stereocenters. The van der Waals surface area contributed by atoms with Crippen molar-refractivity contribution in [2.24, 2.45) is 0 Å². The molecule has 1 atom stereocenters. The first-order valence-corrected chi connectivity index (χ1v) is 7.66. The lowest BCUT2D eigenvalue weighted by atomic mass is 10.1. The average molecular weight is 358 g/mol. The van der Waals surface area contributed by atoms with Crippen LogP contribution in [0.3, 0.4) is 0 Å². The van der Waals surface area contributed by atoms with E-state index in [0.29, 0.717) is 12.1 Å². The van der Waals surface area contributed by atoms with Crippen LogP contribution in [0.15, 0.2) is 24.3 Å². The summed E-state index contributed by atoms with van der Waals surface area (Å²) in [5, 5.41) is 0. The molecule has 0 bridgehead atoms. The summed E-state index contributed by atoms with van der Waals surface area (Å²) >= 11 is 2.36. The Morgan fingerprint density at radius 1 is 1.17 bits per heavy atom. The molecule has 2 aliphatic rings. The lowest BCUT2D eigenvalue weighted by Gasteiger charge is -2.46. The highest BCUT2D eigenvalue weighted by Crippen LogP contribution is 2.23. The fraction of sp³-hybridized carbons (Fsp3) is 0.571. The van der Waals surface area contributed by atoms with Gasteiger partial charge < -0.3 is 9.64 Å². The zero-order valence-electron chi connectivity index (χ0n) is 10.7. The van der Waals surface area contributed by atoms with E-state index in [-0.39, 0.29) is 0 Å². The van der Waals surface area contributed by atoms with Crippen molar-refractivity contribution in [1.82, 2.24) is 4.90 Å². The number of benzene rings is 1. The molecule has 0 radical (unpaired) electrons. The van der Waals surface area contributed by atoms with E-state index in [1.165, 1.54) is 9.26 Å². The summed E-state index contributed by atoms with van der Waals surface area (Å²) in [4.78, 5) is 5.10. The molecular formula is C14H19IN2O. The van der Waals surface area contributed by atoms with E-state index in [1.807, 2.05) is 0 Å². The number of nitrogens with zero attached hydrogens (tertiary/aromatic N) is 2. The van der Waals surface area contributed by atoms with Crippen LogP contribution in [0.4, 0.5) is 5.69 Å². The Bertz CT molecular complexity index is 405. The van der Waals surface area contributed by atoms with Crippen LogP contribution in [0.1, 0.15) is 6.92 Å². The minimum absolute atomic E-state index is 0.583. The highest BCUT2D eigenvalue weighted by molar-refractivity contribution is 14.1. The van der Waals surface area contributed by atoms with Gasteiger partial charge in [0.2, 0.25) is 0 Å². The molecule has 2 saturated heterocycles. The Hall–Kier alpha value is -0.330. The Balaban J connectivity index is 1.66. The van der Waals surface area contributed by atoms with Crippen molar-refractivity contribution in [1.29, 1.82) is 0 Å². The van der Waals surface area contributed by atoms with Crippen LogP contribution < -0.4 is 4.90 Å². The summed E-state index contributed by atoms with van der Waals surface area (Å²) in [5.74, 6) is 0. The zero-order chi connectivity index (χ0) is 12.5. The lowest BCUT2D eigenvalue weighted by Crippen LogP contribution is -2.59. The van der Waals surface area contributed by atoms with Gasteiger partial charge in [0.1, 0.15) is 0 Å². The highest BCUT2D eigenvalue weighted by Gasteiger charge is 2.31. The number of rotatable bonds is 2. The lowest BCUT2D eigenvalue weighted by molar-refractivity contribution is -0.0691. The number of hydrogen-bond donors (Lipinski definition) is 0. The van der Waals surface area contributed by atoms with Crippen molar-refractivity contribution >= 4 is 28.3 Å². The molecular weight excluding hydrogens is 339 g/mol. The molecule has 0 amide bonds. The van der Waals surface area contributed by atoms with Crippen LogP contribution in [0, 0.1) is 3.57 Å². The van der Waals surface area contributed by atoms with Crippen LogP contribution in [0.25, 0.3) is 0 Å². The van der Waals surface area contributed by atoms with Crippen molar-refractivity contribution in [2.75, 3.05) is 37.7 Å². The molecule has 3 nitrogen and oxygen atoms in total. The van der Waals surface area contributed by atoms with Gasteiger partial charge in [0.15, 0.2) is 0 Å². The Morgan fingerprint density at radius 2 is 1.89 bits per heavy atom. The van der Waals surface area contributed by atoms with E-state index in [4.69, 9.17) is 4.74 Å². The molecule has 3 rings (SSSR count). The van der Waals surface area contributed by atoms with E-state index in [0.717, 1.165) is 32.8 Å². The quantitative estimate of drug-likeness (QED) is 0.754. The first-order valence-electron chi connectivity index (χ1n) is 6.58. The minimum atomic E-state index is 0.583. The summed E-state index contributed by atoms with van der Waals surface area (Å²) in [6.45, 7) is 7.61. The molecule has 18 heavy (non-hydrogen) atoms. The summed E-state index contributed by atoms with van der Waals surface area (Å²) in [5.41, 5.74) is 1.35. The van der Waals surface area contributed by atoms with Gasteiger partial charge in [0.25, 0.3) is 0 Å². The molecule has 2 heterocycles. The molecule has 98 valence electrons. The largest absolute Gasteiger partial charge is 0.378 e. The highest BCUT2D eigenvalue weighted by atomic mass is 127. The van der Waals surface area contributed by atoms with Crippen molar-refractivity contribution in [3.63, 3.8) is 0 Å². The Morgan fingerprint density at radius 3 is 2.44 bits per heavy atom. The summed E-state index contributed by atoms with van der Waals surface area (Å²) in [6, 6.07) is 10.1. The molecule has 0 N–H and O–H groups in total. The third-order valence-electron chi connectivity index (χ3n) is 3.95. The maximum absolute atomic E-state index is 5.29. The van der Waals surface area contributed by atoms with Crippen LogP contribution in [0.2, 0.25) is 0 Å². The smallest absolute Gasteiger partial charge is 0.0645 e. The second-order valence-electron chi connectivity index (χ2n) is 5.21. The standard InChI is InChI=1S/C14H19IN2O/c1-11-8-16(14-9-18-10-14)6-7-17(11)13-4-2-12(15)3-5-13/h2-5,11,14H,6-10H2,1H3/t11-/m1/s1. The Labute approximate surface area is 122 Å². The second-order valence-corrected chi connectivity index (χ2v) is 6.45. The monoisotopic (exact) mass is 358 g/mol. The van der Waals surface area contributed by atoms with Gasteiger partial charge in [-0.15, -0.1) is 0 Å². The molecule has 0 saturated carbocycles. The van der Waals surface area contributed by atoms with E-state index in [9.17, 15) is 0 Å². The zero-order valence-corrected chi connectivity index (χ0v) is 12.8. The van der Waals surface area contributed by atoms with Gasteiger partial charge in [0.05, 0.1) is 19.3 Å². The molecule has 2 fully saturated rings. The summed E-state index contributed by atoms with van der Waals surface area (Å²) in [7, 11) is 0. The van der Waals surface area contributed by atoms with Gasteiger partial charge in [-0.2, -0.15) is 0 Å². The second kappa shape index (κ2) is 5.35. The topological polar surface area (TPSA) is 15.7 Å². The van der Waals surface area contributed by atoms with E-state index < -0.39 is 0 Å². The van der Waals surface area contributed by atoms with Crippen LogP contribution >= 0.6 is 22.6 Å². The fourth-order valence-electron chi connectivity index (χ4n) is 2.77. The molecule has 4 heteroatoms. The number of halogens is 1. The predicted octanol–water partition coefficient (Wildman–Crippen LogP) is 2.20. The molecule has 1 aromatic carbocycles. The number of piperazine rings is 1. The average Bonchev–Trinajstić information content (AvgIpc) is 2.29. The molecule has 2 aliphatic heterocycles. The van der Waals surface area contributed by atoms with Crippen LogP contribution in [-0.4, -0.2) is 49.8 Å². The normalized spacial score (nSPS) is 26.1. The first kappa shape index (κ1) is 12.7. The third-order valence-corrected chi connectivity index (χ3v) is 4.67. The van der Waals surface area contributed by atoms with Crippen molar-refractivity contribution in [2.45, 2.75) is 19.0 Å². The SMILES string of the molecule is C[C@@H]1CN(C2COC2)CCN1c1ccc(I)cc1. The summed E-state index contributed by atoms with van der Waals surface area (Å²) in [6.07, 6.45) is 0. The van der Waals surface area contributed by atoms with Crippen molar-refractivity contribution in [3.05, 3.63) is 27.8 Å². The maximum atomic E-state index is 5.29. The van der Waals surface area contributed by atoms with Crippen molar-refractivity contribution in [3.8, 4) is 0 Å². The molecule has 1 aromatic rings. The van der Waals surface area contributed by atoms with Gasteiger partial charge in [-0.1, -0.05) is 0 Å². The van der Waals surface area contributed by atoms with Crippen molar-refractivity contribution < 1.29 is 4.74 Å². The van der Waals surface area contributed by atoms with Gasteiger partial charge in [-0.25, -0.2) is 0 Å². The number of anilines is 1. The maximum Gasteiger partial charge on any atom is 0.0645 e. The molecule has 0 spiro atoms. The van der Waals surface area contributed by atoms with E-state index >= 15 is 0 Å². The van der Waals surface area contributed by atoms with E-state index in [1.54, 1.807) is 0 Å². The van der Waals surface area contributed by atoms with Gasteiger partial charge in [-0.05, 0) is 53.8 Å². The number of ether oxygens (including phenoxy) is 1. The van der Waals surface area contributed by atoms with Crippen LogP contribution in [-0.2, 0) is 4.74 Å². The first-order chi connectivity index (χ1) is 8.74. The molecule has 0 aliphatic carbocycles. The van der Waals surface area contributed by atoms with Gasteiger partial charge in [-0.3, -0.25) is 4.90 Å². The minimum Gasteiger partial charge on any atom is -0.378 e. The van der Waals surface area contributed by atoms with Gasteiger partial charge >= 0.3 is 0 Å². The fourth-order valence-corrected chi connectivity index (χ4v) is 3.13. The van der Waals surface area contributed by atoms with Gasteiger partial charge in [0, 0.05) is 34.9 Å². The third kappa shape index (κ3) is 2.51. The van der Waals surface area contributed by atoms with Crippen LogP contribution in [0.5, 0.6) is 0 Å². The predicted molar refractivity (Wildman–Crippen MR) is 82.1 cm³/mol. The summed E-state index contributed by atoms with van der Waals surface area (Å²) < 4.78 is 6.59.